The topological polar surface area (TPSA) is 65.7 Å². The van der Waals surface area contributed by atoms with Crippen LogP contribution in [0.25, 0.3) is 0 Å². The molecule has 0 saturated heterocycles. The Balaban J connectivity index is 1.49. The minimum Gasteiger partial charge on any atom is -0.444 e. The van der Waals surface area contributed by atoms with Crippen molar-refractivity contribution in [3.05, 3.63) is 52.7 Å². The van der Waals surface area contributed by atoms with E-state index in [1.54, 1.807) is 0 Å². The maximum atomic E-state index is 5.59. The first-order valence-electron chi connectivity index (χ1n) is 9.40. The van der Waals surface area contributed by atoms with Crippen LogP contribution in [0, 0.1) is 13.8 Å². The van der Waals surface area contributed by atoms with Crippen molar-refractivity contribution < 1.29 is 4.42 Å². The summed E-state index contributed by atoms with van der Waals surface area (Å²) in [5, 5.41) is 6.69. The molecular formula is C20H29N5O. The number of aliphatic imine (C=N–C) groups is 1. The van der Waals surface area contributed by atoms with E-state index in [0.717, 1.165) is 56.6 Å². The van der Waals surface area contributed by atoms with Gasteiger partial charge in [0.2, 0.25) is 5.89 Å². The highest BCUT2D eigenvalue weighted by Gasteiger charge is 2.15. The number of nitrogens with zero attached hydrogens (tertiary/aromatic N) is 3. The molecule has 0 atom stereocenters. The average molecular weight is 355 g/mol. The van der Waals surface area contributed by atoms with Gasteiger partial charge in [-0.2, -0.15) is 0 Å². The van der Waals surface area contributed by atoms with Crippen LogP contribution in [0.2, 0.25) is 0 Å². The van der Waals surface area contributed by atoms with Crippen molar-refractivity contribution in [2.75, 3.05) is 26.2 Å². The van der Waals surface area contributed by atoms with E-state index in [-0.39, 0.29) is 0 Å². The minimum absolute atomic E-state index is 0.446. The van der Waals surface area contributed by atoms with Gasteiger partial charge < -0.3 is 15.1 Å². The molecule has 6 heteroatoms. The van der Waals surface area contributed by atoms with E-state index in [2.05, 4.69) is 56.7 Å². The molecule has 0 spiro atoms. The summed E-state index contributed by atoms with van der Waals surface area (Å²) in [5.41, 5.74) is 3.87. The van der Waals surface area contributed by atoms with E-state index >= 15 is 0 Å². The third-order valence-electron chi connectivity index (χ3n) is 4.72. The summed E-state index contributed by atoms with van der Waals surface area (Å²) in [4.78, 5) is 11.4. The van der Waals surface area contributed by atoms with Crippen LogP contribution in [0.15, 0.2) is 33.7 Å². The molecule has 0 bridgehead atoms. The van der Waals surface area contributed by atoms with Crippen LogP contribution in [0.3, 0.4) is 0 Å². The number of guanidine groups is 1. The number of rotatable bonds is 6. The molecule has 0 fully saturated rings. The Morgan fingerprint density at radius 3 is 2.77 bits per heavy atom. The second-order valence-electron chi connectivity index (χ2n) is 6.67. The Labute approximate surface area is 155 Å². The van der Waals surface area contributed by atoms with Gasteiger partial charge in [0, 0.05) is 32.7 Å². The van der Waals surface area contributed by atoms with Crippen molar-refractivity contribution in [3.8, 4) is 0 Å². The van der Waals surface area contributed by atoms with Crippen LogP contribution in [-0.2, 0) is 19.5 Å². The fourth-order valence-corrected chi connectivity index (χ4v) is 3.17. The first kappa shape index (κ1) is 18.5. The van der Waals surface area contributed by atoms with Crippen molar-refractivity contribution in [3.63, 3.8) is 0 Å². The summed E-state index contributed by atoms with van der Waals surface area (Å²) < 4.78 is 5.59. The molecule has 1 aliphatic rings. The number of aryl methyl sites for hydroxylation is 2. The average Bonchev–Trinajstić information content (AvgIpc) is 2.97. The molecule has 2 aromatic rings. The molecule has 26 heavy (non-hydrogen) atoms. The molecule has 0 radical (unpaired) electrons. The largest absolute Gasteiger partial charge is 0.444 e. The first-order valence-corrected chi connectivity index (χ1v) is 9.40. The molecule has 0 saturated carbocycles. The van der Waals surface area contributed by atoms with Crippen LogP contribution >= 0.6 is 0 Å². The van der Waals surface area contributed by atoms with Crippen molar-refractivity contribution in [2.24, 2.45) is 4.99 Å². The highest BCUT2D eigenvalue weighted by Crippen LogP contribution is 2.17. The predicted octanol–water partition coefficient (Wildman–Crippen LogP) is 2.40. The Bertz CT molecular complexity index is 733. The number of benzene rings is 1. The van der Waals surface area contributed by atoms with Gasteiger partial charge in [0.1, 0.15) is 12.3 Å². The SMILES string of the molecule is CCNC(=NCc1nc(C)c(C)o1)NCCN1CCc2ccccc2C1. The van der Waals surface area contributed by atoms with Crippen LogP contribution in [0.5, 0.6) is 0 Å². The Morgan fingerprint density at radius 1 is 1.23 bits per heavy atom. The lowest BCUT2D eigenvalue weighted by atomic mass is 10.00. The van der Waals surface area contributed by atoms with Crippen molar-refractivity contribution in [1.29, 1.82) is 0 Å². The van der Waals surface area contributed by atoms with Crippen LogP contribution < -0.4 is 10.6 Å². The molecule has 0 unspecified atom stereocenters. The second kappa shape index (κ2) is 8.85. The first-order chi connectivity index (χ1) is 12.7. The van der Waals surface area contributed by atoms with Crippen molar-refractivity contribution >= 4 is 5.96 Å². The van der Waals surface area contributed by atoms with Gasteiger partial charge in [0.25, 0.3) is 0 Å². The summed E-state index contributed by atoms with van der Waals surface area (Å²) in [6, 6.07) is 8.74. The molecule has 0 amide bonds. The number of nitrogens with one attached hydrogen (secondary N) is 2. The Kier molecular flexibility index (Phi) is 6.28. The summed E-state index contributed by atoms with van der Waals surface area (Å²) in [6.45, 7) is 11.2. The van der Waals surface area contributed by atoms with Crippen LogP contribution in [0.4, 0.5) is 0 Å². The summed E-state index contributed by atoms with van der Waals surface area (Å²) in [7, 11) is 0. The lowest BCUT2D eigenvalue weighted by Gasteiger charge is -2.28. The predicted molar refractivity (Wildman–Crippen MR) is 104 cm³/mol. The van der Waals surface area contributed by atoms with Gasteiger partial charge in [-0.1, -0.05) is 24.3 Å². The van der Waals surface area contributed by atoms with Gasteiger partial charge in [-0.3, -0.25) is 4.90 Å². The second-order valence-corrected chi connectivity index (χ2v) is 6.67. The summed E-state index contributed by atoms with van der Waals surface area (Å²) >= 11 is 0. The molecule has 2 N–H and O–H groups in total. The van der Waals surface area contributed by atoms with Crippen LogP contribution in [-0.4, -0.2) is 42.0 Å². The monoisotopic (exact) mass is 355 g/mol. The fraction of sp³-hybridized carbons (Fsp3) is 0.500. The van der Waals surface area contributed by atoms with E-state index in [0.29, 0.717) is 12.4 Å². The quantitative estimate of drug-likeness (QED) is 0.615. The molecule has 3 rings (SSSR count). The van der Waals surface area contributed by atoms with E-state index in [1.807, 2.05) is 13.8 Å². The highest BCUT2D eigenvalue weighted by molar-refractivity contribution is 5.79. The Hall–Kier alpha value is -2.34. The molecule has 6 nitrogen and oxygen atoms in total. The zero-order valence-corrected chi connectivity index (χ0v) is 16.0. The number of fused-ring (bicyclic) bond motifs is 1. The van der Waals surface area contributed by atoms with Gasteiger partial charge in [-0.25, -0.2) is 9.98 Å². The number of hydrogen-bond acceptors (Lipinski definition) is 4. The van der Waals surface area contributed by atoms with Gasteiger partial charge in [0.15, 0.2) is 5.96 Å². The fourth-order valence-electron chi connectivity index (χ4n) is 3.17. The molecular weight excluding hydrogens is 326 g/mol. The standard InChI is InChI=1S/C20H29N5O/c1-4-21-20(23-13-19-24-15(2)16(3)26-19)22-10-12-25-11-9-17-7-5-6-8-18(17)14-25/h5-8H,4,9-14H2,1-3H3,(H2,21,22,23). The maximum Gasteiger partial charge on any atom is 0.216 e. The summed E-state index contributed by atoms with van der Waals surface area (Å²) in [5.74, 6) is 2.32. The minimum atomic E-state index is 0.446. The van der Waals surface area contributed by atoms with Gasteiger partial charge in [0.05, 0.1) is 5.69 Å². The third kappa shape index (κ3) is 4.85. The van der Waals surface area contributed by atoms with Crippen LogP contribution in [0.1, 0.15) is 35.4 Å². The van der Waals surface area contributed by atoms with Crippen molar-refractivity contribution in [1.82, 2.24) is 20.5 Å². The lowest BCUT2D eigenvalue weighted by Crippen LogP contribution is -2.42. The highest BCUT2D eigenvalue weighted by atomic mass is 16.4. The van der Waals surface area contributed by atoms with E-state index < -0.39 is 0 Å². The lowest BCUT2D eigenvalue weighted by molar-refractivity contribution is 0.258. The zero-order valence-electron chi connectivity index (χ0n) is 16.0. The van der Waals surface area contributed by atoms with Gasteiger partial charge >= 0.3 is 0 Å². The molecule has 0 aliphatic carbocycles. The zero-order chi connectivity index (χ0) is 18.4. The Morgan fingerprint density at radius 2 is 2.04 bits per heavy atom. The molecule has 140 valence electrons. The summed E-state index contributed by atoms with van der Waals surface area (Å²) in [6.07, 6.45) is 1.13. The smallest absolute Gasteiger partial charge is 0.216 e. The third-order valence-corrected chi connectivity index (χ3v) is 4.72. The van der Waals surface area contributed by atoms with E-state index in [4.69, 9.17) is 4.42 Å². The molecule has 1 aromatic carbocycles. The van der Waals surface area contributed by atoms with Gasteiger partial charge in [-0.15, -0.1) is 0 Å². The van der Waals surface area contributed by atoms with Gasteiger partial charge in [-0.05, 0) is 38.3 Å². The number of oxazole rings is 1. The van der Waals surface area contributed by atoms with Crippen molar-refractivity contribution in [2.45, 2.75) is 40.3 Å². The molecule has 1 aromatic heterocycles. The number of aromatic nitrogens is 1. The molecule has 2 heterocycles. The molecule has 1 aliphatic heterocycles. The number of hydrogen-bond donors (Lipinski definition) is 2. The maximum absolute atomic E-state index is 5.59. The van der Waals surface area contributed by atoms with E-state index in [1.165, 1.54) is 11.1 Å². The normalized spacial score (nSPS) is 15.0. The van der Waals surface area contributed by atoms with E-state index in [9.17, 15) is 0 Å².